The number of phenols is 1. The first kappa shape index (κ1) is 28.8. The van der Waals surface area contributed by atoms with E-state index in [2.05, 4.69) is 16.7 Å². The number of aromatic hydroxyl groups is 1. The molecule has 3 amide bonds. The van der Waals surface area contributed by atoms with E-state index in [9.17, 15) is 19.5 Å². The van der Waals surface area contributed by atoms with Gasteiger partial charge in [0.1, 0.15) is 23.4 Å². The number of carbonyl (C=O) groups excluding carboxylic acids is 3. The van der Waals surface area contributed by atoms with Crippen LogP contribution in [0.25, 0.3) is 0 Å². The van der Waals surface area contributed by atoms with Crippen molar-refractivity contribution in [3.8, 4) is 18.2 Å². The first-order chi connectivity index (χ1) is 15.9. The van der Waals surface area contributed by atoms with Crippen molar-refractivity contribution in [2.75, 3.05) is 6.54 Å². The lowest BCUT2D eigenvalue weighted by Gasteiger charge is -2.32. The monoisotopic (exact) mass is 473 g/mol. The van der Waals surface area contributed by atoms with E-state index < -0.39 is 35.6 Å². The molecule has 0 saturated carbocycles. The second-order valence-electron chi connectivity index (χ2n) is 9.44. The van der Waals surface area contributed by atoms with Gasteiger partial charge < -0.3 is 20.5 Å². The molecule has 8 heteroatoms. The van der Waals surface area contributed by atoms with E-state index in [-0.39, 0.29) is 11.7 Å². The molecule has 1 aromatic carbocycles. The largest absolute Gasteiger partial charge is 0.508 e. The molecule has 3 N–H and O–H groups in total. The Kier molecular flexibility index (Phi) is 10.9. The second kappa shape index (κ2) is 12.9. The normalized spacial score (nSPS) is 13.7. The van der Waals surface area contributed by atoms with E-state index >= 15 is 0 Å². The van der Waals surface area contributed by atoms with Crippen molar-refractivity contribution in [2.45, 2.75) is 85.4 Å². The molecule has 0 aromatic heterocycles. The number of terminal acetylenes is 1. The standard InChI is InChI=1S/C26H39N3O5/c1-9-12-15-27-23(31)22(19-13-14-20(30)18(5)16-19)29(11-3)24(32)21(17(4)10-2)28-25(33)34-26(6,7)8/h3,13-14,16-17,21-22,30H,9-10,12,15H2,1-2,4-8H3,(H,27,31)(H,28,33). The zero-order valence-electron chi connectivity index (χ0n) is 21.4. The van der Waals surface area contributed by atoms with E-state index in [1.165, 1.54) is 6.07 Å². The number of rotatable bonds is 10. The van der Waals surface area contributed by atoms with Crippen LogP contribution in [-0.4, -0.2) is 46.1 Å². The fourth-order valence-electron chi connectivity index (χ4n) is 3.28. The molecular weight excluding hydrogens is 434 g/mol. The van der Waals surface area contributed by atoms with Gasteiger partial charge in [-0.15, -0.1) is 0 Å². The minimum Gasteiger partial charge on any atom is -0.508 e. The van der Waals surface area contributed by atoms with Gasteiger partial charge in [-0.2, -0.15) is 0 Å². The molecule has 0 heterocycles. The van der Waals surface area contributed by atoms with Crippen molar-refractivity contribution in [1.29, 1.82) is 0 Å². The third-order valence-corrected chi connectivity index (χ3v) is 5.40. The fraction of sp³-hybridized carbons (Fsp3) is 0.577. The third-order valence-electron chi connectivity index (χ3n) is 5.40. The van der Waals surface area contributed by atoms with Gasteiger partial charge in [-0.3, -0.25) is 14.5 Å². The summed E-state index contributed by atoms with van der Waals surface area (Å²) in [4.78, 5) is 40.4. The molecule has 0 radical (unpaired) electrons. The molecule has 188 valence electrons. The molecule has 1 rings (SSSR count). The third kappa shape index (κ3) is 8.29. The maximum atomic E-state index is 13.7. The second-order valence-corrected chi connectivity index (χ2v) is 9.44. The molecule has 34 heavy (non-hydrogen) atoms. The average molecular weight is 474 g/mol. The van der Waals surface area contributed by atoms with Crippen LogP contribution in [0.3, 0.4) is 0 Å². The van der Waals surface area contributed by atoms with Crippen molar-refractivity contribution in [3.05, 3.63) is 29.3 Å². The van der Waals surface area contributed by atoms with Crippen LogP contribution in [0.5, 0.6) is 5.75 Å². The molecule has 0 spiro atoms. The van der Waals surface area contributed by atoms with Crippen molar-refractivity contribution in [2.24, 2.45) is 5.92 Å². The predicted octanol–water partition coefficient (Wildman–Crippen LogP) is 4.02. The van der Waals surface area contributed by atoms with E-state index in [1.807, 2.05) is 20.8 Å². The smallest absolute Gasteiger partial charge is 0.408 e. The summed E-state index contributed by atoms with van der Waals surface area (Å²) in [5.74, 6) is -1.24. The van der Waals surface area contributed by atoms with Gasteiger partial charge in [0, 0.05) is 12.6 Å². The minimum absolute atomic E-state index is 0.0662. The maximum absolute atomic E-state index is 13.7. The Morgan fingerprint density at radius 1 is 1.24 bits per heavy atom. The highest BCUT2D eigenvalue weighted by atomic mass is 16.6. The van der Waals surface area contributed by atoms with Crippen LogP contribution in [0.4, 0.5) is 4.79 Å². The summed E-state index contributed by atoms with van der Waals surface area (Å²) in [6.45, 7) is 13.0. The van der Waals surface area contributed by atoms with Crippen LogP contribution in [-0.2, 0) is 14.3 Å². The molecule has 8 nitrogen and oxygen atoms in total. The van der Waals surface area contributed by atoms with Gasteiger partial charge in [0.05, 0.1) is 0 Å². The van der Waals surface area contributed by atoms with E-state index in [0.717, 1.165) is 17.7 Å². The Hall–Kier alpha value is -3.21. The van der Waals surface area contributed by atoms with Gasteiger partial charge in [0.15, 0.2) is 0 Å². The first-order valence-electron chi connectivity index (χ1n) is 11.7. The SMILES string of the molecule is C#CN(C(=O)C(NC(=O)OC(C)(C)C)C(C)CC)C(C(=O)NCCCC)c1ccc(O)c(C)c1. The van der Waals surface area contributed by atoms with Gasteiger partial charge >= 0.3 is 6.09 Å². The van der Waals surface area contributed by atoms with Gasteiger partial charge in [0.25, 0.3) is 5.91 Å². The summed E-state index contributed by atoms with van der Waals surface area (Å²) < 4.78 is 5.33. The zero-order chi connectivity index (χ0) is 26.1. The van der Waals surface area contributed by atoms with Crippen LogP contribution in [0.1, 0.15) is 78.0 Å². The molecule has 1 aromatic rings. The summed E-state index contributed by atoms with van der Waals surface area (Å²) >= 11 is 0. The summed E-state index contributed by atoms with van der Waals surface area (Å²) in [6, 6.07) is 4.86. The number of hydrogen-bond acceptors (Lipinski definition) is 5. The number of benzene rings is 1. The van der Waals surface area contributed by atoms with Crippen LogP contribution >= 0.6 is 0 Å². The van der Waals surface area contributed by atoms with Gasteiger partial charge in [-0.1, -0.05) is 46.1 Å². The van der Waals surface area contributed by atoms with Crippen molar-refractivity contribution < 1.29 is 24.2 Å². The Morgan fingerprint density at radius 3 is 2.38 bits per heavy atom. The molecule has 0 fully saturated rings. The number of carbonyl (C=O) groups is 3. The van der Waals surface area contributed by atoms with E-state index in [0.29, 0.717) is 24.1 Å². The van der Waals surface area contributed by atoms with Crippen LogP contribution < -0.4 is 10.6 Å². The zero-order valence-corrected chi connectivity index (χ0v) is 21.4. The van der Waals surface area contributed by atoms with Crippen LogP contribution in [0, 0.1) is 25.3 Å². The molecule has 3 unspecified atom stereocenters. The topological polar surface area (TPSA) is 108 Å². The summed E-state index contributed by atoms with van der Waals surface area (Å²) in [7, 11) is 0. The first-order valence-corrected chi connectivity index (χ1v) is 11.7. The number of phenolic OH excluding ortho intramolecular Hbond substituents is 1. The Morgan fingerprint density at radius 2 is 1.88 bits per heavy atom. The highest BCUT2D eigenvalue weighted by molar-refractivity contribution is 5.93. The number of alkyl carbamates (subject to hydrolysis) is 1. The Bertz CT molecular complexity index is 901. The van der Waals surface area contributed by atoms with Crippen molar-refractivity contribution in [1.82, 2.24) is 15.5 Å². The Labute approximate surface area is 203 Å². The lowest BCUT2D eigenvalue weighted by Crippen LogP contribution is -2.54. The van der Waals surface area contributed by atoms with Gasteiger partial charge in [-0.25, -0.2) is 4.79 Å². The number of unbranched alkanes of at least 4 members (excludes halogenated alkanes) is 1. The summed E-state index contributed by atoms with van der Waals surface area (Å²) in [6.07, 6.45) is 7.26. The molecule has 0 aliphatic heterocycles. The summed E-state index contributed by atoms with van der Waals surface area (Å²) in [5.41, 5.74) is 0.249. The maximum Gasteiger partial charge on any atom is 0.408 e. The number of ether oxygens (including phenoxy) is 1. The van der Waals surface area contributed by atoms with Crippen molar-refractivity contribution in [3.63, 3.8) is 0 Å². The quantitative estimate of drug-likeness (QED) is 0.270. The highest BCUT2D eigenvalue weighted by Gasteiger charge is 2.37. The molecule has 0 aliphatic carbocycles. The van der Waals surface area contributed by atoms with E-state index in [4.69, 9.17) is 11.2 Å². The lowest BCUT2D eigenvalue weighted by molar-refractivity contribution is -0.139. The summed E-state index contributed by atoms with van der Waals surface area (Å²) in [5, 5.41) is 15.4. The number of nitrogens with zero attached hydrogens (tertiary/aromatic N) is 1. The molecule has 0 saturated heterocycles. The molecular formula is C26H39N3O5. The minimum atomic E-state index is -1.14. The van der Waals surface area contributed by atoms with Crippen LogP contribution in [0.15, 0.2) is 18.2 Å². The molecule has 0 aliphatic rings. The lowest BCUT2D eigenvalue weighted by atomic mass is 9.95. The average Bonchev–Trinajstić information content (AvgIpc) is 2.75. The van der Waals surface area contributed by atoms with Gasteiger partial charge in [0.2, 0.25) is 5.91 Å². The molecule has 0 bridgehead atoms. The predicted molar refractivity (Wildman–Crippen MR) is 132 cm³/mol. The fourth-order valence-corrected chi connectivity index (χ4v) is 3.28. The van der Waals surface area contributed by atoms with Crippen molar-refractivity contribution >= 4 is 17.9 Å². The Balaban J connectivity index is 3.40. The number of hydrogen-bond donors (Lipinski definition) is 3. The molecule has 3 atom stereocenters. The van der Waals surface area contributed by atoms with E-state index in [1.54, 1.807) is 39.8 Å². The number of nitrogens with one attached hydrogen (secondary N) is 2. The number of amides is 3. The van der Waals surface area contributed by atoms with Gasteiger partial charge in [-0.05, 0) is 63.3 Å². The number of aryl methyl sites for hydroxylation is 1. The van der Waals surface area contributed by atoms with Crippen LogP contribution in [0.2, 0.25) is 0 Å². The highest BCUT2D eigenvalue weighted by Crippen LogP contribution is 2.27.